The van der Waals surface area contributed by atoms with Gasteiger partial charge in [0, 0.05) is 36.8 Å². The van der Waals surface area contributed by atoms with Gasteiger partial charge < -0.3 is 14.4 Å². The molecule has 4 nitrogen and oxygen atoms in total. The predicted molar refractivity (Wildman–Crippen MR) is 85.0 cm³/mol. The number of carbonyl (C=O) groups is 1. The largest absolute Gasteiger partial charge is 0.345 e. The van der Waals surface area contributed by atoms with Gasteiger partial charge in [-0.3, -0.25) is 4.79 Å². The maximum absolute atomic E-state index is 12.8. The summed E-state index contributed by atoms with van der Waals surface area (Å²) < 4.78 is 2.87. The van der Waals surface area contributed by atoms with Gasteiger partial charge in [0.25, 0.3) is 5.91 Å². The Morgan fingerprint density at radius 2 is 2.00 bits per heavy atom. The smallest absolute Gasteiger partial charge is 0.270 e. The molecule has 1 aliphatic carbocycles. The van der Waals surface area contributed by atoms with Crippen molar-refractivity contribution in [1.82, 2.24) is 14.4 Å². The zero-order chi connectivity index (χ0) is 14.7. The van der Waals surface area contributed by atoms with E-state index in [9.17, 15) is 4.79 Å². The number of hydrogen-bond donors (Lipinski definition) is 0. The first-order valence-electron chi connectivity index (χ1n) is 7.26. The lowest BCUT2D eigenvalue weighted by Crippen LogP contribution is -2.43. The van der Waals surface area contributed by atoms with E-state index in [-0.39, 0.29) is 5.91 Å². The highest BCUT2D eigenvalue weighted by Gasteiger charge is 2.28. The molecule has 0 aliphatic heterocycles. The molecule has 20 heavy (non-hydrogen) atoms. The summed E-state index contributed by atoms with van der Waals surface area (Å²) in [5, 5.41) is 0. The van der Waals surface area contributed by atoms with Crippen molar-refractivity contribution in [2.75, 3.05) is 27.2 Å². The van der Waals surface area contributed by atoms with Crippen molar-refractivity contribution in [2.45, 2.75) is 31.7 Å². The van der Waals surface area contributed by atoms with E-state index >= 15 is 0 Å². The number of likely N-dealkylation sites (N-methyl/N-ethyl adjacent to an activating group) is 1. The number of aromatic nitrogens is 1. The summed E-state index contributed by atoms with van der Waals surface area (Å²) in [4.78, 5) is 17.1. The summed E-state index contributed by atoms with van der Waals surface area (Å²) in [5.74, 6) is 0.159. The summed E-state index contributed by atoms with van der Waals surface area (Å²) in [7, 11) is 6.03. The van der Waals surface area contributed by atoms with Crippen LogP contribution in [0.15, 0.2) is 16.7 Å². The van der Waals surface area contributed by atoms with Crippen LogP contribution in [0, 0.1) is 0 Å². The molecule has 0 unspecified atom stereocenters. The van der Waals surface area contributed by atoms with Gasteiger partial charge in [-0.15, -0.1) is 0 Å². The molecule has 0 atom stereocenters. The van der Waals surface area contributed by atoms with E-state index in [4.69, 9.17) is 0 Å². The average molecular weight is 342 g/mol. The van der Waals surface area contributed by atoms with Crippen molar-refractivity contribution < 1.29 is 4.79 Å². The van der Waals surface area contributed by atoms with E-state index in [2.05, 4.69) is 39.8 Å². The number of halogens is 1. The topological polar surface area (TPSA) is 28.5 Å². The fourth-order valence-electron chi connectivity index (χ4n) is 2.86. The van der Waals surface area contributed by atoms with Crippen LogP contribution in [0.2, 0.25) is 0 Å². The van der Waals surface area contributed by atoms with Crippen LogP contribution in [0.1, 0.15) is 36.2 Å². The third-order valence-electron chi connectivity index (χ3n) is 4.01. The van der Waals surface area contributed by atoms with Crippen LogP contribution in [-0.2, 0) is 7.05 Å². The second-order valence-electron chi connectivity index (χ2n) is 5.89. The highest BCUT2D eigenvalue weighted by Crippen LogP contribution is 2.25. The number of carbonyl (C=O) groups excluding carboxylic acids is 1. The average Bonchev–Trinajstić information content (AvgIpc) is 2.99. The van der Waals surface area contributed by atoms with Gasteiger partial charge in [-0.05, 0) is 48.9 Å². The van der Waals surface area contributed by atoms with Crippen LogP contribution >= 0.6 is 15.9 Å². The Morgan fingerprint density at radius 3 is 2.50 bits per heavy atom. The van der Waals surface area contributed by atoms with Crippen molar-refractivity contribution in [2.24, 2.45) is 7.05 Å². The summed E-state index contributed by atoms with van der Waals surface area (Å²) in [6.07, 6.45) is 6.71. The van der Waals surface area contributed by atoms with Crippen molar-refractivity contribution in [1.29, 1.82) is 0 Å². The first kappa shape index (κ1) is 15.6. The fourth-order valence-corrected chi connectivity index (χ4v) is 3.38. The quantitative estimate of drug-likeness (QED) is 0.823. The maximum atomic E-state index is 12.8. The minimum absolute atomic E-state index is 0.159. The standard InChI is InChI=1S/C15H24BrN3O/c1-17(2)8-9-19(13-6-4-5-7-13)15(20)14-10-12(16)11-18(14)3/h10-11,13H,4-9H2,1-3H3. The molecule has 1 heterocycles. The van der Waals surface area contributed by atoms with Crippen molar-refractivity contribution in [3.8, 4) is 0 Å². The first-order valence-corrected chi connectivity index (χ1v) is 8.06. The Morgan fingerprint density at radius 1 is 1.35 bits per heavy atom. The lowest BCUT2D eigenvalue weighted by molar-refractivity contribution is 0.0658. The van der Waals surface area contributed by atoms with Crippen LogP contribution in [0.4, 0.5) is 0 Å². The summed E-state index contributed by atoms with van der Waals surface area (Å²) in [6.45, 7) is 1.72. The molecular formula is C15H24BrN3O. The van der Waals surface area contributed by atoms with E-state index in [1.54, 1.807) is 0 Å². The van der Waals surface area contributed by atoms with Crippen LogP contribution in [0.3, 0.4) is 0 Å². The minimum Gasteiger partial charge on any atom is -0.345 e. The van der Waals surface area contributed by atoms with Gasteiger partial charge in [-0.2, -0.15) is 0 Å². The summed E-state index contributed by atoms with van der Waals surface area (Å²) in [6, 6.07) is 2.33. The van der Waals surface area contributed by atoms with E-state index in [1.165, 1.54) is 12.8 Å². The molecule has 0 aromatic carbocycles. The molecular weight excluding hydrogens is 318 g/mol. The number of rotatable bonds is 5. The normalized spacial score (nSPS) is 16.1. The molecule has 1 amide bonds. The van der Waals surface area contributed by atoms with Gasteiger partial charge in [0.15, 0.2) is 0 Å². The second kappa shape index (κ2) is 6.76. The fraction of sp³-hybridized carbons (Fsp3) is 0.667. The highest BCUT2D eigenvalue weighted by molar-refractivity contribution is 9.10. The summed E-state index contributed by atoms with van der Waals surface area (Å²) >= 11 is 3.45. The summed E-state index contributed by atoms with van der Waals surface area (Å²) in [5.41, 5.74) is 0.766. The molecule has 0 radical (unpaired) electrons. The van der Waals surface area contributed by atoms with E-state index in [0.29, 0.717) is 6.04 Å². The Balaban J connectivity index is 2.16. The third kappa shape index (κ3) is 3.64. The number of nitrogens with zero attached hydrogens (tertiary/aromatic N) is 3. The molecule has 0 bridgehead atoms. The number of hydrogen-bond acceptors (Lipinski definition) is 2. The molecule has 1 aromatic rings. The van der Waals surface area contributed by atoms with Gasteiger partial charge in [0.2, 0.25) is 0 Å². The van der Waals surface area contributed by atoms with Crippen molar-refractivity contribution in [3.63, 3.8) is 0 Å². The van der Waals surface area contributed by atoms with Crippen LogP contribution in [-0.4, -0.2) is 53.5 Å². The zero-order valence-electron chi connectivity index (χ0n) is 12.6. The van der Waals surface area contributed by atoms with Gasteiger partial charge in [-0.1, -0.05) is 12.8 Å². The molecule has 112 valence electrons. The van der Waals surface area contributed by atoms with Crippen LogP contribution < -0.4 is 0 Å². The second-order valence-corrected chi connectivity index (χ2v) is 6.81. The van der Waals surface area contributed by atoms with Crippen LogP contribution in [0.5, 0.6) is 0 Å². The van der Waals surface area contributed by atoms with E-state index < -0.39 is 0 Å². The minimum atomic E-state index is 0.159. The Kier molecular flexibility index (Phi) is 5.27. The van der Waals surface area contributed by atoms with Gasteiger partial charge in [-0.25, -0.2) is 0 Å². The highest BCUT2D eigenvalue weighted by atomic mass is 79.9. The van der Waals surface area contributed by atoms with Gasteiger partial charge >= 0.3 is 0 Å². The zero-order valence-corrected chi connectivity index (χ0v) is 14.2. The van der Waals surface area contributed by atoms with Gasteiger partial charge in [0.1, 0.15) is 5.69 Å². The lowest BCUT2D eigenvalue weighted by Gasteiger charge is -2.30. The molecule has 0 N–H and O–H groups in total. The van der Waals surface area contributed by atoms with Crippen molar-refractivity contribution in [3.05, 3.63) is 22.4 Å². The predicted octanol–water partition coefficient (Wildman–Crippen LogP) is 2.73. The molecule has 2 rings (SSSR count). The van der Waals surface area contributed by atoms with E-state index in [0.717, 1.165) is 36.1 Å². The Hall–Kier alpha value is -0.810. The molecule has 0 spiro atoms. The third-order valence-corrected chi connectivity index (χ3v) is 4.44. The number of amides is 1. The molecule has 0 saturated heterocycles. The van der Waals surface area contributed by atoms with Crippen molar-refractivity contribution >= 4 is 21.8 Å². The van der Waals surface area contributed by atoms with Crippen LogP contribution in [0.25, 0.3) is 0 Å². The van der Waals surface area contributed by atoms with E-state index in [1.807, 2.05) is 23.9 Å². The van der Waals surface area contributed by atoms with Gasteiger partial charge in [0.05, 0.1) is 0 Å². The molecule has 1 saturated carbocycles. The molecule has 5 heteroatoms. The maximum Gasteiger partial charge on any atom is 0.270 e. The number of aryl methyl sites for hydroxylation is 1. The molecule has 1 aliphatic rings. The molecule has 1 fully saturated rings. The first-order chi connectivity index (χ1) is 9.49. The molecule has 1 aromatic heterocycles. The SMILES string of the molecule is CN(C)CCN(C(=O)c1cc(Br)cn1C)C1CCCC1. The Labute approximate surface area is 129 Å². The Bertz CT molecular complexity index is 464. The lowest BCUT2D eigenvalue weighted by atomic mass is 10.2. The monoisotopic (exact) mass is 341 g/mol.